The maximum Gasteiger partial charge on any atom is 0.306 e. The van der Waals surface area contributed by atoms with Crippen LogP contribution in [0.2, 0.25) is 0 Å². The SMILES string of the molecule is CCCCCCC(O)CCC1CC2C(=NOCCC(=O)O)CC2C1O. The van der Waals surface area contributed by atoms with Crippen molar-refractivity contribution in [3.8, 4) is 0 Å². The summed E-state index contributed by atoms with van der Waals surface area (Å²) in [6, 6.07) is 0. The van der Waals surface area contributed by atoms with Gasteiger partial charge >= 0.3 is 5.97 Å². The highest BCUT2D eigenvalue weighted by Crippen LogP contribution is 2.49. The summed E-state index contributed by atoms with van der Waals surface area (Å²) >= 11 is 0. The quantitative estimate of drug-likeness (QED) is 0.369. The molecule has 6 nitrogen and oxygen atoms in total. The molecule has 0 aromatic rings. The van der Waals surface area contributed by atoms with Crippen LogP contribution in [-0.2, 0) is 9.63 Å². The molecule has 144 valence electrons. The van der Waals surface area contributed by atoms with Gasteiger partial charge in [-0.25, -0.2) is 0 Å². The fourth-order valence-corrected chi connectivity index (χ4v) is 4.12. The largest absolute Gasteiger partial charge is 0.481 e. The molecule has 0 heterocycles. The third-order valence-corrected chi connectivity index (χ3v) is 5.72. The lowest BCUT2D eigenvalue weighted by Gasteiger charge is -2.33. The fraction of sp³-hybridized carbons (Fsp3) is 0.895. The van der Waals surface area contributed by atoms with Crippen LogP contribution < -0.4 is 0 Å². The Kier molecular flexibility index (Phi) is 8.16. The standard InChI is InChI=1S/C19H33NO5/c1-2-3-4-5-6-14(21)8-7-13-11-15-16(19(13)24)12-17(15)20-25-10-9-18(22)23/h13-16,19,21,24H,2-12H2,1H3,(H,22,23). The van der Waals surface area contributed by atoms with Crippen LogP contribution >= 0.6 is 0 Å². The number of hydrogen-bond donors (Lipinski definition) is 3. The molecule has 2 aliphatic carbocycles. The number of fused-ring (bicyclic) bond motifs is 1. The zero-order valence-corrected chi connectivity index (χ0v) is 15.3. The molecule has 0 spiro atoms. The van der Waals surface area contributed by atoms with E-state index < -0.39 is 5.97 Å². The van der Waals surface area contributed by atoms with Gasteiger partial charge in [0.2, 0.25) is 0 Å². The van der Waals surface area contributed by atoms with Gasteiger partial charge in [-0.05, 0) is 43.9 Å². The first-order valence-electron chi connectivity index (χ1n) is 9.79. The highest BCUT2D eigenvalue weighted by Gasteiger charge is 2.51. The monoisotopic (exact) mass is 355 g/mol. The molecule has 0 saturated heterocycles. The fourth-order valence-electron chi connectivity index (χ4n) is 4.12. The van der Waals surface area contributed by atoms with Gasteiger partial charge in [0.05, 0.1) is 24.3 Å². The Morgan fingerprint density at radius 1 is 1.32 bits per heavy atom. The van der Waals surface area contributed by atoms with E-state index in [0.717, 1.165) is 44.2 Å². The number of nitrogens with zero attached hydrogens (tertiary/aromatic N) is 1. The second-order valence-electron chi connectivity index (χ2n) is 7.60. The summed E-state index contributed by atoms with van der Waals surface area (Å²) in [5, 5.41) is 33.2. The Morgan fingerprint density at radius 2 is 2.12 bits per heavy atom. The second kappa shape index (κ2) is 10.1. The van der Waals surface area contributed by atoms with E-state index in [1.54, 1.807) is 0 Å². The Hall–Kier alpha value is -1.14. The van der Waals surface area contributed by atoms with Gasteiger partial charge in [-0.1, -0.05) is 37.8 Å². The summed E-state index contributed by atoms with van der Waals surface area (Å²) in [4.78, 5) is 15.5. The Morgan fingerprint density at radius 3 is 2.84 bits per heavy atom. The van der Waals surface area contributed by atoms with Crippen molar-refractivity contribution in [1.82, 2.24) is 0 Å². The molecule has 0 aromatic carbocycles. The Balaban J connectivity index is 1.66. The number of carbonyl (C=O) groups is 1. The highest BCUT2D eigenvalue weighted by molar-refractivity contribution is 5.93. The maximum absolute atomic E-state index is 10.4. The minimum atomic E-state index is -0.892. The summed E-state index contributed by atoms with van der Waals surface area (Å²) in [6.45, 7) is 2.27. The number of oxime groups is 1. The average molecular weight is 355 g/mol. The lowest BCUT2D eigenvalue weighted by Crippen LogP contribution is -2.38. The summed E-state index contributed by atoms with van der Waals surface area (Å²) in [5.41, 5.74) is 0.956. The predicted molar refractivity (Wildman–Crippen MR) is 95.4 cm³/mol. The Bertz CT molecular complexity index is 453. The Labute approximate surface area is 150 Å². The van der Waals surface area contributed by atoms with Gasteiger partial charge < -0.3 is 20.2 Å². The van der Waals surface area contributed by atoms with Crippen molar-refractivity contribution in [1.29, 1.82) is 0 Å². The van der Waals surface area contributed by atoms with Gasteiger partial charge in [-0.2, -0.15) is 0 Å². The van der Waals surface area contributed by atoms with Crippen molar-refractivity contribution in [3.63, 3.8) is 0 Å². The number of hydrogen-bond acceptors (Lipinski definition) is 5. The van der Waals surface area contributed by atoms with E-state index in [0.29, 0.717) is 0 Å². The zero-order chi connectivity index (χ0) is 18.2. The maximum atomic E-state index is 10.4. The minimum absolute atomic E-state index is 0.0493. The molecule has 0 bridgehead atoms. The van der Waals surface area contributed by atoms with Gasteiger partial charge in [-0.3, -0.25) is 4.79 Å². The van der Waals surface area contributed by atoms with Crippen LogP contribution in [0.4, 0.5) is 0 Å². The number of carboxylic acid groups (broad SMARTS) is 1. The molecule has 5 unspecified atom stereocenters. The molecule has 2 rings (SSSR count). The van der Waals surface area contributed by atoms with Crippen molar-refractivity contribution in [2.24, 2.45) is 22.9 Å². The van der Waals surface area contributed by atoms with E-state index in [1.165, 1.54) is 19.3 Å². The van der Waals surface area contributed by atoms with Gasteiger partial charge in [0, 0.05) is 5.92 Å². The molecular formula is C19H33NO5. The lowest BCUT2D eigenvalue weighted by atomic mass is 9.73. The number of aliphatic carboxylic acids is 1. The van der Waals surface area contributed by atoms with Gasteiger partial charge in [0.15, 0.2) is 0 Å². The third kappa shape index (κ3) is 5.96. The van der Waals surface area contributed by atoms with E-state index in [9.17, 15) is 15.0 Å². The van der Waals surface area contributed by atoms with Crippen LogP contribution in [0.3, 0.4) is 0 Å². The molecular weight excluding hydrogens is 322 g/mol. The van der Waals surface area contributed by atoms with E-state index in [1.807, 2.05) is 0 Å². The first-order chi connectivity index (χ1) is 12.0. The van der Waals surface area contributed by atoms with Gasteiger partial charge in [0.1, 0.15) is 6.61 Å². The molecule has 2 aliphatic rings. The molecule has 0 radical (unpaired) electrons. The van der Waals surface area contributed by atoms with Crippen LogP contribution in [0.1, 0.15) is 71.1 Å². The van der Waals surface area contributed by atoms with E-state index in [2.05, 4.69) is 12.1 Å². The van der Waals surface area contributed by atoms with Crippen molar-refractivity contribution in [2.75, 3.05) is 6.61 Å². The summed E-state index contributed by atoms with van der Waals surface area (Å²) in [7, 11) is 0. The molecule has 2 fully saturated rings. The topological polar surface area (TPSA) is 99.4 Å². The summed E-state index contributed by atoms with van der Waals surface area (Å²) in [6.07, 6.45) is 8.21. The lowest BCUT2D eigenvalue weighted by molar-refractivity contribution is -0.138. The average Bonchev–Trinajstić information content (AvgIpc) is 2.80. The molecule has 5 atom stereocenters. The minimum Gasteiger partial charge on any atom is -0.481 e. The highest BCUT2D eigenvalue weighted by atomic mass is 16.6. The molecule has 3 N–H and O–H groups in total. The van der Waals surface area contributed by atoms with Gasteiger partial charge in [0.25, 0.3) is 0 Å². The van der Waals surface area contributed by atoms with Crippen molar-refractivity contribution >= 4 is 11.7 Å². The van der Waals surface area contributed by atoms with Crippen molar-refractivity contribution < 1.29 is 25.0 Å². The third-order valence-electron chi connectivity index (χ3n) is 5.72. The molecule has 25 heavy (non-hydrogen) atoms. The number of aliphatic hydroxyl groups excluding tert-OH is 2. The molecule has 2 saturated carbocycles. The van der Waals surface area contributed by atoms with Crippen LogP contribution in [0.15, 0.2) is 5.16 Å². The van der Waals surface area contributed by atoms with Crippen LogP contribution in [-0.4, -0.2) is 45.8 Å². The first-order valence-corrected chi connectivity index (χ1v) is 9.79. The summed E-state index contributed by atoms with van der Waals surface area (Å²) < 4.78 is 0. The number of carboxylic acids is 1. The summed E-state index contributed by atoms with van der Waals surface area (Å²) in [5.74, 6) is -0.136. The van der Waals surface area contributed by atoms with E-state index in [-0.39, 0.29) is 43.0 Å². The number of rotatable bonds is 12. The molecule has 6 heteroatoms. The van der Waals surface area contributed by atoms with Crippen LogP contribution in [0.5, 0.6) is 0 Å². The van der Waals surface area contributed by atoms with E-state index >= 15 is 0 Å². The molecule has 0 amide bonds. The zero-order valence-electron chi connectivity index (χ0n) is 15.3. The smallest absolute Gasteiger partial charge is 0.306 e. The number of aliphatic hydroxyl groups is 2. The van der Waals surface area contributed by atoms with Crippen molar-refractivity contribution in [2.45, 2.75) is 83.3 Å². The normalized spacial score (nSPS) is 30.8. The number of unbranched alkanes of at least 4 members (excludes halogenated alkanes) is 3. The van der Waals surface area contributed by atoms with Crippen LogP contribution in [0, 0.1) is 17.8 Å². The first kappa shape index (κ1) is 20.2. The van der Waals surface area contributed by atoms with E-state index in [4.69, 9.17) is 9.94 Å². The van der Waals surface area contributed by atoms with Crippen molar-refractivity contribution in [3.05, 3.63) is 0 Å². The molecule has 0 aliphatic heterocycles. The predicted octanol–water partition coefficient (Wildman–Crippen LogP) is 2.96. The molecule has 0 aromatic heterocycles. The second-order valence-corrected chi connectivity index (χ2v) is 7.60. The van der Waals surface area contributed by atoms with Crippen LogP contribution in [0.25, 0.3) is 0 Å². The van der Waals surface area contributed by atoms with Gasteiger partial charge in [-0.15, -0.1) is 0 Å².